The largest absolute Gasteiger partial charge is 0.390 e. The first-order chi connectivity index (χ1) is 52.2. The van der Waals surface area contributed by atoms with Gasteiger partial charge in [0.05, 0.1) is 81.2 Å². The molecule has 4 aromatic heterocycles. The van der Waals surface area contributed by atoms with E-state index in [4.69, 9.17) is 20.6 Å². The number of Topliss-reactive ketones (excluding diaryl/α,β-unsaturated/α-hetero) is 1. The Morgan fingerprint density at radius 2 is 0.891 bits per heavy atom. The fourth-order valence-electron chi connectivity index (χ4n) is 15.0. The molecule has 6 aliphatic rings. The standard InChI is InChI=1S/C20H26N4O5S.C19H25N5O5S.C18H24N4O5S.C13H18N2O6S/c21-30(27,28)29-10-15-7-14(19(25)20(15)26)9-18-23-11-22-17(24-18)8-13-6-5-12-3-1-2-4-16(12)13;20-30(27,28)29-9-12-7-15(19(26)18(12)25)24-17-8-16(21-10-22-17)23-14-6-5-11-3-1-2-4-13(11)14;19-28(25,26)27-10-14-6-13(17(23)18(14)24)7-15-8-16(22-11-21-15)20-9-12-4-2-1-3-5-12;14-22(19,20)21-7-10-5-9(12(17)13(10)18)6-11(16)8-1-3-15-4-2-8/h1-4,11,13-15,19-20,25-26H,5-10H2,(H2,21,27,28);1-4,8,10,12,14-15,18-19,25-26H,5-7,9H2,(H2,20,27,28)(H2,21,22,23,24);1-5,8,11,13-14,17-18,23-24H,6-7,9-10H2,(H2,19,25,26)(H,20,21,22);1-4,9-10,12-13,17-18H,5-7H2,(H2,14,19,20)/t13-,14+,15-,19+,20-;12-,14+,15-,18-,19+;13-,14+,17-,18+;9-,10+,12-,13+/m1100/s1. The Balaban J connectivity index is 0.000000157. The van der Waals surface area contributed by atoms with Gasteiger partial charge in [-0.3, -0.25) is 26.5 Å². The van der Waals surface area contributed by atoms with Gasteiger partial charge in [-0.05, 0) is 121 Å². The van der Waals surface area contributed by atoms with Gasteiger partial charge in [-0.15, -0.1) is 0 Å². The Labute approximate surface area is 637 Å². The molecule has 4 heterocycles. The highest BCUT2D eigenvalue weighted by atomic mass is 32.2. The van der Waals surface area contributed by atoms with E-state index in [2.05, 4.69) is 109 Å². The molecule has 36 nitrogen and oxygen atoms in total. The zero-order chi connectivity index (χ0) is 79.1. The predicted octanol–water partition coefficient (Wildman–Crippen LogP) is 0.0245. The first-order valence-electron chi connectivity index (χ1n) is 35.5. The third-order valence-corrected chi connectivity index (χ3v) is 22.4. The third-order valence-electron chi connectivity index (χ3n) is 20.6. The minimum Gasteiger partial charge on any atom is -0.390 e. The number of carbonyl (C=O) groups is 1. The average molecular weight is 1610 g/mol. The molecular formula is C70H93N15O21S4. The summed E-state index contributed by atoms with van der Waals surface area (Å²) in [4.78, 5) is 46.0. The summed E-state index contributed by atoms with van der Waals surface area (Å²) in [5.74, 6) is 0.00281. The van der Waals surface area contributed by atoms with Crippen LogP contribution < -0.4 is 36.5 Å². The molecule has 0 unspecified atom stereocenters. The van der Waals surface area contributed by atoms with Crippen LogP contribution in [-0.4, -0.2) is 201 Å². The maximum atomic E-state index is 12.1. The van der Waals surface area contributed by atoms with Crippen molar-refractivity contribution >= 4 is 64.5 Å². The Hall–Kier alpha value is -7.79. The Kier molecular flexibility index (Phi) is 29.4. The summed E-state index contributed by atoms with van der Waals surface area (Å²) >= 11 is 0. The topological polar surface area (TPSA) is 596 Å². The molecule has 19 N–H and O–H groups in total. The molecule has 598 valence electrons. The third kappa shape index (κ3) is 24.9. The van der Waals surface area contributed by atoms with E-state index < -0.39 is 126 Å². The summed E-state index contributed by atoms with van der Waals surface area (Å²) in [5.41, 5.74) is 7.64. The fraction of sp³-hybridized carbons (Fsp3) is 0.500. The SMILES string of the molecule is NS(=O)(=O)OC[C@H]1C[C@@H](CC(=O)c2ccncc2)[C@H](O)[C@@H]1O.NS(=O)(=O)OC[C@H]1C[C@@H](Cc2cc(NCc3ccccc3)ncn2)[C@H](O)[C@@H]1O.NS(=O)(=O)OC[C@H]1C[C@@H](Cc2ncnc(C[C@H]3CCc4ccccc43)n2)[C@H](O)[C@@H]1O.NS(=O)(=O)OC[C@H]1C[C@@H](Nc2cc(N[C@H]3CCc4ccccc43)ncn2)[C@H](O)[C@@H]1O. The van der Waals surface area contributed by atoms with Crippen LogP contribution in [0.4, 0.5) is 17.5 Å². The zero-order valence-electron chi connectivity index (χ0n) is 59.5. The van der Waals surface area contributed by atoms with E-state index in [-0.39, 0.29) is 62.9 Å². The molecule has 6 aliphatic carbocycles. The van der Waals surface area contributed by atoms with Crippen molar-refractivity contribution in [3.8, 4) is 0 Å². The maximum absolute atomic E-state index is 12.1. The molecule has 3 aromatic carbocycles. The van der Waals surface area contributed by atoms with Crippen LogP contribution in [0.3, 0.4) is 0 Å². The van der Waals surface area contributed by atoms with E-state index in [0.29, 0.717) is 79.2 Å². The monoisotopic (exact) mass is 1610 g/mol. The van der Waals surface area contributed by atoms with Gasteiger partial charge in [-0.1, -0.05) is 78.9 Å². The van der Waals surface area contributed by atoms with Gasteiger partial charge < -0.3 is 56.8 Å². The van der Waals surface area contributed by atoms with Crippen molar-refractivity contribution < 1.29 is 96.1 Å². The molecule has 0 spiro atoms. The molecule has 4 saturated carbocycles. The number of nitrogens with one attached hydrogen (secondary N) is 3. The van der Waals surface area contributed by atoms with Gasteiger partial charge in [0.1, 0.15) is 54.2 Å². The molecule has 0 bridgehead atoms. The number of nitrogens with zero attached hydrogens (tertiary/aromatic N) is 8. The van der Waals surface area contributed by atoms with Gasteiger partial charge in [0.2, 0.25) is 0 Å². The van der Waals surface area contributed by atoms with Crippen LogP contribution in [0.5, 0.6) is 0 Å². The van der Waals surface area contributed by atoms with Crippen LogP contribution in [0.1, 0.15) is 112 Å². The van der Waals surface area contributed by atoms with Gasteiger partial charge in [0.25, 0.3) is 0 Å². The summed E-state index contributed by atoms with van der Waals surface area (Å²) in [7, 11) is -16.4. The number of aliphatic hydroxyl groups excluding tert-OH is 8. The minimum absolute atomic E-state index is 0.0497. The number of ketones is 1. The molecule has 7 aromatic rings. The van der Waals surface area contributed by atoms with Crippen LogP contribution in [0.25, 0.3) is 0 Å². The Morgan fingerprint density at radius 1 is 0.445 bits per heavy atom. The molecule has 0 aliphatic heterocycles. The number of hydrogen-bond donors (Lipinski definition) is 15. The van der Waals surface area contributed by atoms with E-state index in [1.54, 1.807) is 24.3 Å². The van der Waals surface area contributed by atoms with Crippen LogP contribution in [0.15, 0.2) is 135 Å². The minimum atomic E-state index is -4.11. The van der Waals surface area contributed by atoms with Gasteiger partial charge >= 0.3 is 41.2 Å². The number of rotatable bonds is 28. The lowest BCUT2D eigenvalue weighted by Crippen LogP contribution is -2.36. The number of anilines is 3. The van der Waals surface area contributed by atoms with Gasteiger partial charge in [-0.25, -0.2) is 55.4 Å². The van der Waals surface area contributed by atoms with E-state index in [1.807, 2.05) is 42.5 Å². The summed E-state index contributed by atoms with van der Waals surface area (Å²) < 4.78 is 106. The fourth-order valence-corrected chi connectivity index (χ4v) is 16.4. The summed E-state index contributed by atoms with van der Waals surface area (Å²) in [5, 5.41) is 110. The number of aliphatic hydroxyl groups is 8. The average Bonchev–Trinajstić information content (AvgIpc) is 1.69. The van der Waals surface area contributed by atoms with Gasteiger partial charge in [0.15, 0.2) is 5.78 Å². The molecule has 4 fully saturated rings. The van der Waals surface area contributed by atoms with Crippen LogP contribution in [-0.2, 0) is 96.6 Å². The van der Waals surface area contributed by atoms with Crippen molar-refractivity contribution in [2.24, 2.45) is 62.0 Å². The van der Waals surface area contributed by atoms with Crippen molar-refractivity contribution in [2.75, 3.05) is 42.4 Å². The first kappa shape index (κ1) is 84.7. The quantitative estimate of drug-likeness (QED) is 0.0288. The second-order valence-electron chi connectivity index (χ2n) is 28.2. The Bertz CT molecular complexity index is 4500. The molecular weight excluding hydrogens is 1520 g/mol. The maximum Gasteiger partial charge on any atom is 0.333 e. The second kappa shape index (κ2) is 38.2. The number of hydrogen-bond acceptors (Lipinski definition) is 32. The number of nitrogens with two attached hydrogens (primary N) is 4. The number of benzene rings is 3. The van der Waals surface area contributed by atoms with Crippen molar-refractivity contribution in [2.45, 2.75) is 150 Å². The van der Waals surface area contributed by atoms with Crippen molar-refractivity contribution in [1.29, 1.82) is 0 Å². The lowest BCUT2D eigenvalue weighted by Gasteiger charge is -2.19. The molecule has 13 rings (SSSR count). The highest BCUT2D eigenvalue weighted by Gasteiger charge is 2.46. The van der Waals surface area contributed by atoms with Gasteiger partial charge in [0, 0.05) is 85.3 Å². The number of carbonyl (C=O) groups excluding carboxylic acids is 1. The van der Waals surface area contributed by atoms with Crippen molar-refractivity contribution in [1.82, 2.24) is 39.9 Å². The Morgan fingerprint density at radius 3 is 1.47 bits per heavy atom. The number of aromatic nitrogens is 8. The van der Waals surface area contributed by atoms with Gasteiger partial charge in [-0.2, -0.15) is 33.7 Å². The van der Waals surface area contributed by atoms with E-state index in [0.717, 1.165) is 43.4 Å². The second-order valence-corrected chi connectivity index (χ2v) is 33.1. The van der Waals surface area contributed by atoms with Crippen molar-refractivity contribution in [3.05, 3.63) is 185 Å². The zero-order valence-corrected chi connectivity index (χ0v) is 62.8. The highest BCUT2D eigenvalue weighted by Crippen LogP contribution is 2.40. The molecule has 0 amide bonds. The smallest absolute Gasteiger partial charge is 0.333 e. The van der Waals surface area contributed by atoms with E-state index in [9.17, 15) is 79.3 Å². The van der Waals surface area contributed by atoms with Crippen molar-refractivity contribution in [3.63, 3.8) is 0 Å². The number of fused-ring (bicyclic) bond motifs is 2. The molecule has 0 radical (unpaired) electrons. The molecule has 40 heteroatoms. The predicted molar refractivity (Wildman–Crippen MR) is 395 cm³/mol. The lowest BCUT2D eigenvalue weighted by atomic mass is 9.95. The van der Waals surface area contributed by atoms with Crippen LogP contribution in [0, 0.1) is 41.4 Å². The molecule has 110 heavy (non-hydrogen) atoms. The summed E-state index contributed by atoms with van der Waals surface area (Å²) in [6.07, 6.45) is 5.69. The lowest BCUT2D eigenvalue weighted by molar-refractivity contribution is -0.00375. The van der Waals surface area contributed by atoms with Crippen LogP contribution in [0.2, 0.25) is 0 Å². The molecule has 18 atom stereocenters. The summed E-state index contributed by atoms with van der Waals surface area (Å²) in [6.45, 7) is -0.530. The first-order valence-corrected chi connectivity index (χ1v) is 41.4. The number of aryl methyl sites for hydroxylation is 2. The number of pyridine rings is 1. The highest BCUT2D eigenvalue weighted by molar-refractivity contribution is 7.85. The van der Waals surface area contributed by atoms with Crippen LogP contribution >= 0.6 is 0 Å². The normalized spacial score (nSPS) is 27.6. The van der Waals surface area contributed by atoms with E-state index in [1.165, 1.54) is 53.6 Å². The summed E-state index contributed by atoms with van der Waals surface area (Å²) in [6, 6.07) is 33.0. The van der Waals surface area contributed by atoms with E-state index >= 15 is 0 Å². The molecule has 0 saturated heterocycles.